The molecule has 0 radical (unpaired) electrons. The van der Waals surface area contributed by atoms with E-state index in [9.17, 15) is 0 Å². The third kappa shape index (κ3) is 5.21. The zero-order valence-electron chi connectivity index (χ0n) is 28.4. The molecule has 0 atom stereocenters. The Bertz CT molecular complexity index is 2780. The molecule has 52 heavy (non-hydrogen) atoms. The summed E-state index contributed by atoms with van der Waals surface area (Å²) in [5, 5.41) is 3.46. The van der Waals surface area contributed by atoms with Crippen molar-refractivity contribution < 1.29 is 0 Å². The quantitative estimate of drug-likeness (QED) is 0.184. The van der Waals surface area contributed by atoms with Crippen molar-refractivity contribution in [1.29, 1.82) is 0 Å². The highest BCUT2D eigenvalue weighted by Crippen LogP contribution is 2.45. The zero-order valence-corrected chi connectivity index (χ0v) is 28.4. The fourth-order valence-electron chi connectivity index (χ4n) is 7.76. The van der Waals surface area contributed by atoms with E-state index in [-0.39, 0.29) is 0 Å². The van der Waals surface area contributed by atoms with Crippen LogP contribution in [-0.4, -0.2) is 9.97 Å². The molecule has 9 aromatic rings. The number of hydrogen-bond acceptors (Lipinski definition) is 2. The van der Waals surface area contributed by atoms with E-state index < -0.39 is 0 Å². The van der Waals surface area contributed by atoms with Gasteiger partial charge in [-0.3, -0.25) is 0 Å². The molecule has 1 aromatic heterocycles. The average Bonchev–Trinajstić information content (AvgIpc) is 3.53. The van der Waals surface area contributed by atoms with Crippen LogP contribution < -0.4 is 0 Å². The largest absolute Gasteiger partial charge is 0.236 e. The number of hydrogen-bond donors (Lipinski definition) is 0. The molecule has 1 aliphatic rings. The summed E-state index contributed by atoms with van der Waals surface area (Å²) >= 11 is 0. The van der Waals surface area contributed by atoms with Crippen molar-refractivity contribution in [3.8, 4) is 55.9 Å². The van der Waals surface area contributed by atoms with E-state index in [1.54, 1.807) is 0 Å². The van der Waals surface area contributed by atoms with E-state index >= 15 is 0 Å². The lowest BCUT2D eigenvalue weighted by Crippen LogP contribution is -1.93. The van der Waals surface area contributed by atoms with Crippen LogP contribution in [0.15, 0.2) is 188 Å². The number of para-hydroxylation sites is 1. The molecule has 0 N–H and O–H groups in total. The van der Waals surface area contributed by atoms with Crippen molar-refractivity contribution in [3.63, 3.8) is 0 Å². The fourth-order valence-corrected chi connectivity index (χ4v) is 7.76. The molecule has 2 heteroatoms. The zero-order chi connectivity index (χ0) is 34.4. The lowest BCUT2D eigenvalue weighted by atomic mass is 9.89. The number of benzene rings is 8. The van der Waals surface area contributed by atoms with Gasteiger partial charge in [0.2, 0.25) is 0 Å². The Morgan fingerprint density at radius 2 is 0.923 bits per heavy atom. The Morgan fingerprint density at radius 3 is 1.63 bits per heavy atom. The number of nitrogens with zero attached hydrogens (tertiary/aromatic N) is 2. The Kier molecular flexibility index (Phi) is 7.18. The smallest absolute Gasteiger partial charge is 0.159 e. The third-order valence-corrected chi connectivity index (χ3v) is 10.3. The predicted octanol–water partition coefficient (Wildman–Crippen LogP) is 13.0. The van der Waals surface area contributed by atoms with Gasteiger partial charge >= 0.3 is 0 Å². The van der Waals surface area contributed by atoms with Gasteiger partial charge in [-0.1, -0.05) is 158 Å². The molecule has 0 bridgehead atoms. The van der Waals surface area contributed by atoms with Gasteiger partial charge in [0, 0.05) is 17.1 Å². The summed E-state index contributed by atoms with van der Waals surface area (Å²) in [6.07, 6.45) is 4.25. The second-order valence-electron chi connectivity index (χ2n) is 13.4. The maximum absolute atomic E-state index is 4.98. The highest BCUT2D eigenvalue weighted by atomic mass is 14.9. The minimum absolute atomic E-state index is 0.721. The number of rotatable bonds is 5. The van der Waals surface area contributed by atoms with Crippen LogP contribution in [0.3, 0.4) is 0 Å². The molecular formula is C50H32N2. The van der Waals surface area contributed by atoms with Crippen molar-refractivity contribution in [1.82, 2.24) is 9.97 Å². The fraction of sp³-hybridized carbons (Fsp3) is 0. The maximum Gasteiger partial charge on any atom is 0.159 e. The first-order chi connectivity index (χ1) is 25.8. The summed E-state index contributed by atoms with van der Waals surface area (Å²) < 4.78 is 0. The van der Waals surface area contributed by atoms with Crippen LogP contribution in [0.5, 0.6) is 0 Å². The van der Waals surface area contributed by atoms with Crippen LogP contribution >= 0.6 is 0 Å². The highest BCUT2D eigenvalue weighted by molar-refractivity contribution is 6.07. The van der Waals surface area contributed by atoms with Crippen molar-refractivity contribution in [2.75, 3.05) is 0 Å². The van der Waals surface area contributed by atoms with Crippen molar-refractivity contribution in [3.05, 3.63) is 205 Å². The molecule has 1 aliphatic carbocycles. The second-order valence-corrected chi connectivity index (χ2v) is 13.4. The first-order valence-corrected chi connectivity index (χ1v) is 17.7. The molecule has 0 spiro atoms. The molecule has 1 heterocycles. The van der Waals surface area contributed by atoms with Gasteiger partial charge in [-0.05, 0) is 108 Å². The molecule has 10 rings (SSSR count). The second kappa shape index (κ2) is 12.5. The Morgan fingerprint density at radius 1 is 0.365 bits per heavy atom. The van der Waals surface area contributed by atoms with Crippen molar-refractivity contribution in [2.24, 2.45) is 0 Å². The first kappa shape index (κ1) is 30.0. The van der Waals surface area contributed by atoms with Crippen LogP contribution in [0.2, 0.25) is 0 Å². The topological polar surface area (TPSA) is 25.8 Å². The van der Waals surface area contributed by atoms with E-state index in [0.717, 1.165) is 39.0 Å². The minimum atomic E-state index is 0.721. The molecule has 0 fully saturated rings. The van der Waals surface area contributed by atoms with Crippen molar-refractivity contribution in [2.45, 2.75) is 0 Å². The molecule has 0 saturated carbocycles. The summed E-state index contributed by atoms with van der Waals surface area (Å²) in [7, 11) is 0. The summed E-state index contributed by atoms with van der Waals surface area (Å²) in [4.78, 5) is 9.79. The van der Waals surface area contributed by atoms with Gasteiger partial charge in [0.25, 0.3) is 0 Å². The standard InChI is InChI=1S/C50H32N2/c1-2-12-34(13-3-1)37-29-38(31-39(30-37)50-51-32-36-14-4-11-21-49(36)52-50)41-27-26-40(42-15-5-6-16-43(41)42)35-24-22-33(23-25-35)28-48-46-19-9-7-17-44(46)45-18-8-10-20-47(45)48/h1-32H. The Labute approximate surface area is 303 Å². The van der Waals surface area contributed by atoms with Crippen LogP contribution in [0.4, 0.5) is 0 Å². The molecule has 8 aromatic carbocycles. The molecule has 0 amide bonds. The average molecular weight is 661 g/mol. The summed E-state index contributed by atoms with van der Waals surface area (Å²) in [5.41, 5.74) is 16.6. The monoisotopic (exact) mass is 660 g/mol. The molecule has 242 valence electrons. The lowest BCUT2D eigenvalue weighted by molar-refractivity contribution is 1.23. The van der Waals surface area contributed by atoms with Gasteiger partial charge in [0.1, 0.15) is 0 Å². The molecule has 0 saturated heterocycles. The van der Waals surface area contributed by atoms with Crippen LogP contribution in [-0.2, 0) is 0 Å². The summed E-state index contributed by atoms with van der Waals surface area (Å²) in [6, 6.07) is 65.2. The Hall–Kier alpha value is -6.90. The predicted molar refractivity (Wildman–Crippen MR) is 218 cm³/mol. The van der Waals surface area contributed by atoms with Gasteiger partial charge < -0.3 is 0 Å². The van der Waals surface area contributed by atoms with Crippen LogP contribution in [0.25, 0.3) is 89.2 Å². The number of aromatic nitrogens is 2. The summed E-state index contributed by atoms with van der Waals surface area (Å²) in [5.74, 6) is 0.721. The third-order valence-electron chi connectivity index (χ3n) is 10.3. The van der Waals surface area contributed by atoms with Gasteiger partial charge in [-0.25, -0.2) is 9.97 Å². The van der Waals surface area contributed by atoms with Crippen molar-refractivity contribution >= 4 is 33.3 Å². The number of fused-ring (bicyclic) bond motifs is 5. The molecule has 2 nitrogen and oxygen atoms in total. The van der Waals surface area contributed by atoms with Gasteiger partial charge in [0.15, 0.2) is 5.82 Å². The molecule has 0 unspecified atom stereocenters. The Balaban J connectivity index is 1.06. The van der Waals surface area contributed by atoms with E-state index in [1.165, 1.54) is 60.9 Å². The van der Waals surface area contributed by atoms with Gasteiger partial charge in [0.05, 0.1) is 5.52 Å². The highest BCUT2D eigenvalue weighted by Gasteiger charge is 2.22. The van der Waals surface area contributed by atoms with E-state index in [1.807, 2.05) is 24.4 Å². The van der Waals surface area contributed by atoms with Crippen LogP contribution in [0.1, 0.15) is 16.7 Å². The van der Waals surface area contributed by atoms with Gasteiger partial charge in [-0.15, -0.1) is 0 Å². The van der Waals surface area contributed by atoms with E-state index in [4.69, 9.17) is 9.97 Å². The van der Waals surface area contributed by atoms with Crippen LogP contribution in [0, 0.1) is 0 Å². The van der Waals surface area contributed by atoms with E-state index in [0.29, 0.717) is 0 Å². The SMILES string of the molecule is C(=C1c2ccccc2-c2ccccc21)c1ccc(-c2ccc(-c3cc(-c4ccccc4)cc(-c4ncc5ccccc5n4)c3)c3ccccc23)cc1. The lowest BCUT2D eigenvalue weighted by Gasteiger charge is -2.15. The molecule has 0 aliphatic heterocycles. The van der Waals surface area contributed by atoms with Gasteiger partial charge in [-0.2, -0.15) is 0 Å². The molecular weight excluding hydrogens is 629 g/mol. The first-order valence-electron chi connectivity index (χ1n) is 17.7. The minimum Gasteiger partial charge on any atom is -0.236 e. The maximum atomic E-state index is 4.98. The summed E-state index contributed by atoms with van der Waals surface area (Å²) in [6.45, 7) is 0. The van der Waals surface area contributed by atoms with E-state index in [2.05, 4.69) is 170 Å². The normalized spacial score (nSPS) is 11.8.